The lowest BCUT2D eigenvalue weighted by atomic mass is 9.96. The number of rotatable bonds is 7. The Morgan fingerprint density at radius 2 is 1.67 bits per heavy atom. The average molecular weight is 379 g/mol. The summed E-state index contributed by atoms with van der Waals surface area (Å²) in [4.78, 5) is 39.9. The first-order valence-corrected chi connectivity index (χ1v) is 8.94. The van der Waals surface area contributed by atoms with Crippen LogP contribution >= 0.6 is 0 Å². The van der Waals surface area contributed by atoms with Crippen molar-refractivity contribution in [2.24, 2.45) is 0 Å². The van der Waals surface area contributed by atoms with Crippen LogP contribution in [0.25, 0.3) is 0 Å². The van der Waals surface area contributed by atoms with Crippen LogP contribution in [0.15, 0.2) is 18.2 Å². The summed E-state index contributed by atoms with van der Waals surface area (Å²) < 4.78 is 9.88. The van der Waals surface area contributed by atoms with Crippen molar-refractivity contribution in [3.63, 3.8) is 0 Å². The van der Waals surface area contributed by atoms with Crippen molar-refractivity contribution >= 4 is 23.3 Å². The van der Waals surface area contributed by atoms with E-state index in [-0.39, 0.29) is 24.5 Å². The molecule has 148 valence electrons. The maximum atomic E-state index is 12.3. The number of hydrogen-bond acceptors (Lipinski definition) is 8. The number of benzene rings is 1. The van der Waals surface area contributed by atoms with Crippen molar-refractivity contribution in [2.75, 3.05) is 51.3 Å². The Kier molecular flexibility index (Phi) is 7.12. The van der Waals surface area contributed by atoms with Crippen LogP contribution in [0, 0.1) is 10.1 Å². The summed E-state index contributed by atoms with van der Waals surface area (Å²) in [6, 6.07) is 4.55. The summed E-state index contributed by atoms with van der Waals surface area (Å²) >= 11 is 0. The molecule has 1 heterocycles. The molecule has 0 spiro atoms. The number of carbonyl (C=O) groups is 2. The van der Waals surface area contributed by atoms with E-state index in [1.165, 1.54) is 12.1 Å². The highest BCUT2D eigenvalue weighted by Crippen LogP contribution is 2.33. The lowest BCUT2D eigenvalue weighted by molar-refractivity contribution is -0.385. The lowest BCUT2D eigenvalue weighted by Gasteiger charge is -2.34. The van der Waals surface area contributed by atoms with Gasteiger partial charge in [0.05, 0.1) is 23.7 Å². The average Bonchev–Trinajstić information content (AvgIpc) is 2.63. The van der Waals surface area contributed by atoms with Crippen LogP contribution in [-0.4, -0.2) is 68.2 Å². The second kappa shape index (κ2) is 9.31. The van der Waals surface area contributed by atoms with E-state index in [1.807, 2.05) is 11.9 Å². The van der Waals surface area contributed by atoms with Gasteiger partial charge in [0.1, 0.15) is 0 Å². The van der Waals surface area contributed by atoms with Crippen LogP contribution in [0.2, 0.25) is 0 Å². The van der Waals surface area contributed by atoms with Gasteiger partial charge in [-0.1, -0.05) is 0 Å². The van der Waals surface area contributed by atoms with Crippen molar-refractivity contribution in [3.8, 4) is 0 Å². The van der Waals surface area contributed by atoms with E-state index in [4.69, 9.17) is 9.47 Å². The Morgan fingerprint density at radius 3 is 2.15 bits per heavy atom. The molecule has 1 aliphatic rings. The van der Waals surface area contributed by atoms with Crippen LogP contribution in [0.3, 0.4) is 0 Å². The number of nitro groups is 1. The number of esters is 2. The van der Waals surface area contributed by atoms with E-state index >= 15 is 0 Å². The second-order valence-electron chi connectivity index (χ2n) is 6.23. The SMILES string of the molecule is CCOC(=O)C(C(=O)OCC)c1ccc(N2CCN(C)CC2)cc1[N+](=O)[O-]. The predicted octanol–water partition coefficient (Wildman–Crippen LogP) is 1.56. The number of ether oxygens (including phenoxy) is 2. The van der Waals surface area contributed by atoms with Gasteiger partial charge >= 0.3 is 11.9 Å². The van der Waals surface area contributed by atoms with Crippen molar-refractivity contribution in [3.05, 3.63) is 33.9 Å². The van der Waals surface area contributed by atoms with Crippen LogP contribution < -0.4 is 4.90 Å². The Labute approximate surface area is 158 Å². The Balaban J connectivity index is 2.41. The molecular weight excluding hydrogens is 354 g/mol. The summed E-state index contributed by atoms with van der Waals surface area (Å²) in [5.41, 5.74) is 0.373. The van der Waals surface area contributed by atoms with Gasteiger partial charge in [0, 0.05) is 37.9 Å². The smallest absolute Gasteiger partial charge is 0.325 e. The predicted molar refractivity (Wildman–Crippen MR) is 98.8 cm³/mol. The minimum atomic E-state index is -1.48. The Bertz CT molecular complexity index is 682. The minimum absolute atomic E-state index is 0.0187. The van der Waals surface area contributed by atoms with Gasteiger partial charge in [0.2, 0.25) is 0 Å². The highest BCUT2D eigenvalue weighted by molar-refractivity contribution is 6.02. The summed E-state index contributed by atoms with van der Waals surface area (Å²) in [5.74, 6) is -3.19. The molecule has 0 N–H and O–H groups in total. The summed E-state index contributed by atoms with van der Waals surface area (Å²) in [5, 5.41) is 11.6. The van der Waals surface area contributed by atoms with Crippen LogP contribution in [0.5, 0.6) is 0 Å². The van der Waals surface area contributed by atoms with Gasteiger partial charge in [-0.05, 0) is 33.0 Å². The molecule has 0 atom stereocenters. The maximum Gasteiger partial charge on any atom is 0.325 e. The Hall–Kier alpha value is -2.68. The van der Waals surface area contributed by atoms with Gasteiger partial charge in [-0.15, -0.1) is 0 Å². The molecule has 1 aliphatic heterocycles. The lowest BCUT2D eigenvalue weighted by Crippen LogP contribution is -2.44. The molecule has 0 aromatic heterocycles. The van der Waals surface area contributed by atoms with E-state index in [0.29, 0.717) is 5.69 Å². The van der Waals surface area contributed by atoms with Crippen molar-refractivity contribution in [1.82, 2.24) is 4.90 Å². The second-order valence-corrected chi connectivity index (χ2v) is 6.23. The summed E-state index contributed by atoms with van der Waals surface area (Å²) in [6.45, 7) is 6.51. The number of likely N-dealkylation sites (N-methyl/N-ethyl adjacent to an activating group) is 1. The van der Waals surface area contributed by atoms with Crippen molar-refractivity contribution < 1.29 is 24.0 Å². The highest BCUT2D eigenvalue weighted by Gasteiger charge is 2.37. The zero-order valence-electron chi connectivity index (χ0n) is 15.8. The molecule has 9 nitrogen and oxygen atoms in total. The fourth-order valence-electron chi connectivity index (χ4n) is 3.00. The third-order valence-corrected chi connectivity index (χ3v) is 4.43. The monoisotopic (exact) mass is 379 g/mol. The maximum absolute atomic E-state index is 12.3. The first-order valence-electron chi connectivity index (χ1n) is 8.94. The minimum Gasteiger partial charge on any atom is -0.465 e. The number of nitrogens with zero attached hydrogens (tertiary/aromatic N) is 3. The van der Waals surface area contributed by atoms with Crippen molar-refractivity contribution in [1.29, 1.82) is 0 Å². The zero-order valence-corrected chi connectivity index (χ0v) is 15.8. The molecule has 1 aromatic rings. The molecule has 0 radical (unpaired) electrons. The quantitative estimate of drug-likeness (QED) is 0.304. The van der Waals surface area contributed by atoms with Gasteiger partial charge in [-0.25, -0.2) is 0 Å². The van der Waals surface area contributed by atoms with E-state index in [9.17, 15) is 19.7 Å². The van der Waals surface area contributed by atoms with Gasteiger partial charge in [0.15, 0.2) is 5.92 Å². The molecule has 9 heteroatoms. The number of piperazine rings is 1. The van der Waals surface area contributed by atoms with Crippen molar-refractivity contribution in [2.45, 2.75) is 19.8 Å². The standard InChI is InChI=1S/C18H25N3O6/c1-4-26-17(22)16(18(23)27-5-2)14-7-6-13(12-15(14)21(24)25)20-10-8-19(3)9-11-20/h6-7,12,16H,4-5,8-11H2,1-3H3. The van der Waals surface area contributed by atoms with E-state index in [0.717, 1.165) is 26.2 Å². The molecule has 0 amide bonds. The van der Waals surface area contributed by atoms with Crippen LogP contribution in [0.4, 0.5) is 11.4 Å². The molecule has 0 bridgehead atoms. The molecule has 0 unspecified atom stereocenters. The van der Waals surface area contributed by atoms with E-state index < -0.39 is 22.8 Å². The normalized spacial score (nSPS) is 14.9. The molecule has 0 saturated carbocycles. The van der Waals surface area contributed by atoms with Crippen LogP contribution in [-0.2, 0) is 19.1 Å². The number of carbonyl (C=O) groups excluding carboxylic acids is 2. The molecule has 1 aromatic carbocycles. The van der Waals surface area contributed by atoms with E-state index in [2.05, 4.69) is 4.90 Å². The highest BCUT2D eigenvalue weighted by atomic mass is 16.6. The first-order chi connectivity index (χ1) is 12.9. The molecule has 1 saturated heterocycles. The largest absolute Gasteiger partial charge is 0.465 e. The molecule has 2 rings (SSSR count). The summed E-state index contributed by atoms with van der Waals surface area (Å²) in [7, 11) is 2.02. The fourth-order valence-corrected chi connectivity index (χ4v) is 3.00. The topological polar surface area (TPSA) is 102 Å². The molecule has 1 fully saturated rings. The number of hydrogen-bond donors (Lipinski definition) is 0. The summed E-state index contributed by atoms with van der Waals surface area (Å²) in [6.07, 6.45) is 0. The zero-order chi connectivity index (χ0) is 20.0. The molecule has 0 aliphatic carbocycles. The molecular formula is C18H25N3O6. The van der Waals surface area contributed by atoms with E-state index in [1.54, 1.807) is 19.9 Å². The van der Waals surface area contributed by atoms with Gasteiger partial charge in [0.25, 0.3) is 5.69 Å². The van der Waals surface area contributed by atoms with Crippen LogP contribution in [0.1, 0.15) is 25.3 Å². The number of anilines is 1. The Morgan fingerprint density at radius 1 is 1.11 bits per heavy atom. The van der Waals surface area contributed by atoms with Gasteiger partial charge in [-0.3, -0.25) is 19.7 Å². The fraction of sp³-hybridized carbons (Fsp3) is 0.556. The number of nitro benzene ring substituents is 1. The third-order valence-electron chi connectivity index (χ3n) is 4.43. The first kappa shape index (κ1) is 20.6. The van der Waals surface area contributed by atoms with Gasteiger partial charge in [-0.2, -0.15) is 0 Å². The molecule has 27 heavy (non-hydrogen) atoms. The third kappa shape index (κ3) is 4.94. The van der Waals surface area contributed by atoms with Gasteiger partial charge < -0.3 is 19.3 Å².